The number of rotatable bonds is 5. The number of nitrogens with one attached hydrogen (secondary N) is 1. The summed E-state index contributed by atoms with van der Waals surface area (Å²) in [4.78, 5) is 2.49. The summed E-state index contributed by atoms with van der Waals surface area (Å²) in [5.74, 6) is 3.24. The van der Waals surface area contributed by atoms with Crippen LogP contribution < -0.4 is 10.2 Å². The van der Waals surface area contributed by atoms with E-state index in [2.05, 4.69) is 60.1 Å². The first-order valence-electron chi connectivity index (χ1n) is 6.88. The molecule has 100 valence electrons. The van der Waals surface area contributed by atoms with Gasteiger partial charge in [-0.1, -0.05) is 26.0 Å². The van der Waals surface area contributed by atoms with Crippen LogP contribution in [0.2, 0.25) is 0 Å². The molecule has 0 saturated carbocycles. The minimum Gasteiger partial charge on any atom is -0.370 e. The molecule has 0 aliphatic carbocycles. The number of thioether (sulfide) groups is 1. The fourth-order valence-corrected chi connectivity index (χ4v) is 3.05. The molecule has 0 radical (unpaired) electrons. The standard InChI is InChI=1S/C15H24N2S/c1-13(2)11-16-12-14-3-5-15(6-4-14)17-7-9-18-10-8-17/h3-6,13,16H,7-12H2,1-2H3. The molecule has 2 nitrogen and oxygen atoms in total. The number of anilines is 1. The molecule has 1 saturated heterocycles. The van der Waals surface area contributed by atoms with Crippen LogP contribution in [0.5, 0.6) is 0 Å². The van der Waals surface area contributed by atoms with Gasteiger partial charge >= 0.3 is 0 Å². The zero-order chi connectivity index (χ0) is 12.8. The second-order valence-corrected chi connectivity index (χ2v) is 6.52. The smallest absolute Gasteiger partial charge is 0.0366 e. The summed E-state index contributed by atoms with van der Waals surface area (Å²) in [7, 11) is 0. The minimum absolute atomic E-state index is 0.718. The summed E-state index contributed by atoms with van der Waals surface area (Å²) in [6.07, 6.45) is 0. The molecule has 1 aromatic carbocycles. The van der Waals surface area contributed by atoms with Gasteiger partial charge in [0.2, 0.25) is 0 Å². The lowest BCUT2D eigenvalue weighted by atomic mass is 10.1. The van der Waals surface area contributed by atoms with E-state index in [1.54, 1.807) is 0 Å². The van der Waals surface area contributed by atoms with Gasteiger partial charge in [0.15, 0.2) is 0 Å². The summed E-state index contributed by atoms with van der Waals surface area (Å²) in [6, 6.07) is 9.04. The van der Waals surface area contributed by atoms with E-state index in [9.17, 15) is 0 Å². The highest BCUT2D eigenvalue weighted by atomic mass is 32.2. The average Bonchev–Trinajstić information content (AvgIpc) is 2.40. The second kappa shape index (κ2) is 7.05. The van der Waals surface area contributed by atoms with E-state index in [1.807, 2.05) is 0 Å². The predicted octanol–water partition coefficient (Wildman–Crippen LogP) is 2.99. The van der Waals surface area contributed by atoms with E-state index in [1.165, 1.54) is 35.8 Å². The molecule has 1 fully saturated rings. The van der Waals surface area contributed by atoms with E-state index in [4.69, 9.17) is 0 Å². The first-order chi connectivity index (χ1) is 8.75. The molecule has 0 atom stereocenters. The van der Waals surface area contributed by atoms with Gasteiger partial charge in [0, 0.05) is 36.8 Å². The van der Waals surface area contributed by atoms with Crippen molar-refractivity contribution in [2.75, 3.05) is 36.0 Å². The molecule has 2 rings (SSSR count). The fourth-order valence-electron chi connectivity index (χ4n) is 2.15. The Labute approximate surface area is 115 Å². The Morgan fingerprint density at radius 3 is 2.44 bits per heavy atom. The number of benzene rings is 1. The predicted molar refractivity (Wildman–Crippen MR) is 82.5 cm³/mol. The van der Waals surface area contributed by atoms with Crippen LogP contribution in [0.4, 0.5) is 5.69 Å². The Morgan fingerprint density at radius 1 is 1.17 bits per heavy atom. The van der Waals surface area contributed by atoms with E-state index in [0.29, 0.717) is 0 Å². The van der Waals surface area contributed by atoms with Crippen molar-refractivity contribution in [3.63, 3.8) is 0 Å². The minimum atomic E-state index is 0.718. The van der Waals surface area contributed by atoms with Crippen LogP contribution in [0.1, 0.15) is 19.4 Å². The van der Waals surface area contributed by atoms with Crippen molar-refractivity contribution in [2.24, 2.45) is 5.92 Å². The van der Waals surface area contributed by atoms with Gasteiger partial charge in [-0.2, -0.15) is 11.8 Å². The van der Waals surface area contributed by atoms with Crippen LogP contribution in [0.25, 0.3) is 0 Å². The first kappa shape index (κ1) is 13.8. The van der Waals surface area contributed by atoms with Gasteiger partial charge in [0.1, 0.15) is 0 Å². The van der Waals surface area contributed by atoms with Crippen LogP contribution in [0.3, 0.4) is 0 Å². The molecule has 0 unspecified atom stereocenters. The highest BCUT2D eigenvalue weighted by Gasteiger charge is 2.10. The largest absolute Gasteiger partial charge is 0.370 e. The normalized spacial score (nSPS) is 16.3. The van der Waals surface area contributed by atoms with Crippen LogP contribution in [-0.4, -0.2) is 31.1 Å². The third-order valence-corrected chi connectivity index (χ3v) is 4.14. The van der Waals surface area contributed by atoms with Crippen molar-refractivity contribution < 1.29 is 0 Å². The third kappa shape index (κ3) is 4.21. The third-order valence-electron chi connectivity index (χ3n) is 3.19. The summed E-state index contributed by atoms with van der Waals surface area (Å²) >= 11 is 2.06. The molecule has 1 aliphatic rings. The van der Waals surface area contributed by atoms with Gasteiger partial charge in [-0.25, -0.2) is 0 Å². The van der Waals surface area contributed by atoms with E-state index in [-0.39, 0.29) is 0 Å². The number of hydrogen-bond acceptors (Lipinski definition) is 3. The second-order valence-electron chi connectivity index (χ2n) is 5.29. The molecule has 0 aromatic heterocycles. The lowest BCUT2D eigenvalue weighted by Crippen LogP contribution is -2.32. The van der Waals surface area contributed by atoms with Crippen LogP contribution in [-0.2, 0) is 6.54 Å². The van der Waals surface area contributed by atoms with Gasteiger partial charge in [-0.15, -0.1) is 0 Å². The van der Waals surface area contributed by atoms with Crippen LogP contribution >= 0.6 is 11.8 Å². The van der Waals surface area contributed by atoms with Crippen molar-refractivity contribution >= 4 is 17.4 Å². The van der Waals surface area contributed by atoms with Gasteiger partial charge in [0.25, 0.3) is 0 Å². The maximum atomic E-state index is 3.48. The molecule has 0 spiro atoms. The van der Waals surface area contributed by atoms with Crippen molar-refractivity contribution in [3.8, 4) is 0 Å². The molecule has 0 amide bonds. The quantitative estimate of drug-likeness (QED) is 0.880. The highest BCUT2D eigenvalue weighted by Crippen LogP contribution is 2.19. The van der Waals surface area contributed by atoms with E-state index in [0.717, 1.165) is 19.0 Å². The van der Waals surface area contributed by atoms with Crippen molar-refractivity contribution in [2.45, 2.75) is 20.4 Å². The van der Waals surface area contributed by atoms with Gasteiger partial charge in [0.05, 0.1) is 0 Å². The molecule has 3 heteroatoms. The summed E-state index contributed by atoms with van der Waals surface area (Å²) in [5, 5.41) is 3.48. The monoisotopic (exact) mass is 264 g/mol. The Kier molecular flexibility index (Phi) is 5.39. The molecule has 1 heterocycles. The van der Waals surface area contributed by atoms with Crippen molar-refractivity contribution in [1.82, 2.24) is 5.32 Å². The molecule has 0 bridgehead atoms. The van der Waals surface area contributed by atoms with Gasteiger partial charge in [-0.3, -0.25) is 0 Å². The molecule has 18 heavy (non-hydrogen) atoms. The lowest BCUT2D eigenvalue weighted by Gasteiger charge is -2.28. The molecule has 1 aromatic rings. The maximum Gasteiger partial charge on any atom is 0.0366 e. The topological polar surface area (TPSA) is 15.3 Å². The van der Waals surface area contributed by atoms with Gasteiger partial charge < -0.3 is 10.2 Å². The van der Waals surface area contributed by atoms with Crippen molar-refractivity contribution in [1.29, 1.82) is 0 Å². The van der Waals surface area contributed by atoms with Crippen molar-refractivity contribution in [3.05, 3.63) is 29.8 Å². The van der Waals surface area contributed by atoms with E-state index < -0.39 is 0 Å². The van der Waals surface area contributed by atoms with Crippen LogP contribution in [0.15, 0.2) is 24.3 Å². The lowest BCUT2D eigenvalue weighted by molar-refractivity contribution is 0.552. The summed E-state index contributed by atoms with van der Waals surface area (Å²) in [6.45, 7) is 8.93. The molecule has 1 aliphatic heterocycles. The maximum absolute atomic E-state index is 3.48. The Bertz CT molecular complexity index is 342. The molecule has 1 N–H and O–H groups in total. The fraction of sp³-hybridized carbons (Fsp3) is 0.600. The Hall–Kier alpha value is -0.670. The van der Waals surface area contributed by atoms with E-state index >= 15 is 0 Å². The zero-order valence-corrected chi connectivity index (χ0v) is 12.3. The van der Waals surface area contributed by atoms with Gasteiger partial charge in [-0.05, 0) is 30.2 Å². The first-order valence-corrected chi connectivity index (χ1v) is 8.03. The highest BCUT2D eigenvalue weighted by molar-refractivity contribution is 7.99. The number of nitrogens with zero attached hydrogens (tertiary/aromatic N) is 1. The summed E-state index contributed by atoms with van der Waals surface area (Å²) < 4.78 is 0. The summed E-state index contributed by atoms with van der Waals surface area (Å²) in [5.41, 5.74) is 2.76. The Balaban J connectivity index is 1.84. The SMILES string of the molecule is CC(C)CNCc1ccc(N2CCSCC2)cc1. The average molecular weight is 264 g/mol. The zero-order valence-electron chi connectivity index (χ0n) is 11.5. The van der Waals surface area contributed by atoms with Crippen LogP contribution in [0, 0.1) is 5.92 Å². The Morgan fingerprint density at radius 2 is 1.83 bits per heavy atom. The molecular formula is C15H24N2S. The molecular weight excluding hydrogens is 240 g/mol. The number of hydrogen-bond donors (Lipinski definition) is 1.